The lowest BCUT2D eigenvalue weighted by Gasteiger charge is -2.16. The minimum atomic E-state index is -0.569. The van der Waals surface area contributed by atoms with Gasteiger partial charge in [0.1, 0.15) is 17.8 Å². The van der Waals surface area contributed by atoms with Gasteiger partial charge in [-0.05, 0) is 44.5 Å². The minimum absolute atomic E-state index is 0.0351. The third kappa shape index (κ3) is 4.64. The van der Waals surface area contributed by atoms with Gasteiger partial charge in [-0.2, -0.15) is 0 Å². The second-order valence-corrected chi connectivity index (χ2v) is 6.81. The third-order valence-electron chi connectivity index (χ3n) is 4.63. The number of ketones is 1. The second-order valence-electron chi connectivity index (χ2n) is 6.81. The monoisotopic (exact) mass is 409 g/mol. The van der Waals surface area contributed by atoms with Crippen LogP contribution in [-0.2, 0) is 4.79 Å². The van der Waals surface area contributed by atoms with Gasteiger partial charge >= 0.3 is 0 Å². The van der Waals surface area contributed by atoms with Crippen molar-refractivity contribution in [3.63, 3.8) is 0 Å². The summed E-state index contributed by atoms with van der Waals surface area (Å²) in [4.78, 5) is 17.2. The summed E-state index contributed by atoms with van der Waals surface area (Å²) < 4.78 is 22.6. The van der Waals surface area contributed by atoms with Crippen molar-refractivity contribution in [1.29, 1.82) is 0 Å². The van der Waals surface area contributed by atoms with Crippen molar-refractivity contribution in [2.24, 2.45) is 0 Å². The Balaban J connectivity index is 1.97. The number of ether oxygens (including phenoxy) is 3. The molecular formula is C24H27NO5. The van der Waals surface area contributed by atoms with E-state index in [1.165, 1.54) is 6.26 Å². The van der Waals surface area contributed by atoms with E-state index in [1.807, 2.05) is 50.2 Å². The summed E-state index contributed by atoms with van der Waals surface area (Å²) in [6, 6.07) is 13.0. The predicted molar refractivity (Wildman–Crippen MR) is 114 cm³/mol. The van der Waals surface area contributed by atoms with Crippen LogP contribution in [0.3, 0.4) is 0 Å². The number of hydrogen-bond donors (Lipinski definition) is 0. The second kappa shape index (κ2) is 9.96. The highest BCUT2D eigenvalue weighted by molar-refractivity contribution is 5.87. The topological polar surface area (TPSA) is 70.8 Å². The molecule has 1 atom stereocenters. The van der Waals surface area contributed by atoms with Crippen LogP contribution in [0.4, 0.5) is 0 Å². The van der Waals surface area contributed by atoms with Crippen molar-refractivity contribution in [3.05, 3.63) is 60.0 Å². The van der Waals surface area contributed by atoms with Crippen LogP contribution >= 0.6 is 0 Å². The highest BCUT2D eigenvalue weighted by Crippen LogP contribution is 2.36. The van der Waals surface area contributed by atoms with Crippen LogP contribution < -0.4 is 14.2 Å². The molecule has 0 aliphatic carbocycles. The normalized spacial score (nSPS) is 11.7. The molecule has 6 nitrogen and oxygen atoms in total. The van der Waals surface area contributed by atoms with Gasteiger partial charge in [-0.1, -0.05) is 25.1 Å². The van der Waals surface area contributed by atoms with Gasteiger partial charge < -0.3 is 18.6 Å². The van der Waals surface area contributed by atoms with Crippen LogP contribution in [0.1, 0.15) is 44.4 Å². The van der Waals surface area contributed by atoms with Gasteiger partial charge in [-0.25, -0.2) is 4.98 Å². The molecule has 0 aliphatic rings. The molecule has 0 radical (unpaired) electrons. The van der Waals surface area contributed by atoms with E-state index < -0.39 is 5.92 Å². The summed E-state index contributed by atoms with van der Waals surface area (Å²) in [6.07, 6.45) is 2.41. The maximum atomic E-state index is 12.6. The zero-order valence-corrected chi connectivity index (χ0v) is 17.8. The number of benzene rings is 2. The fraction of sp³-hybridized carbons (Fsp3) is 0.333. The number of methoxy groups -OCH3 is 1. The van der Waals surface area contributed by atoms with E-state index in [2.05, 4.69) is 4.98 Å². The molecule has 30 heavy (non-hydrogen) atoms. The van der Waals surface area contributed by atoms with Crippen LogP contribution in [0.15, 0.2) is 53.1 Å². The summed E-state index contributed by atoms with van der Waals surface area (Å²) in [5.74, 6) is 1.74. The average Bonchev–Trinajstić information content (AvgIpc) is 3.23. The molecule has 1 aromatic heterocycles. The lowest BCUT2D eigenvalue weighted by molar-refractivity contribution is -0.117. The maximum Gasteiger partial charge on any atom is 0.226 e. The summed E-state index contributed by atoms with van der Waals surface area (Å²) in [5.41, 5.74) is 2.06. The number of carbonyl (C=O) groups excluding carboxylic acids is 1. The number of rotatable bonds is 10. The first kappa shape index (κ1) is 21.4. The average molecular weight is 409 g/mol. The Hall–Kier alpha value is -3.28. The number of Topliss-reactive ketones (excluding diaryl/α,β-unsaturated/α-hetero) is 1. The summed E-state index contributed by atoms with van der Waals surface area (Å²) in [7, 11) is 1.59. The van der Waals surface area contributed by atoms with Crippen LogP contribution in [0, 0.1) is 0 Å². The summed E-state index contributed by atoms with van der Waals surface area (Å²) >= 11 is 0. The molecule has 1 unspecified atom stereocenters. The van der Waals surface area contributed by atoms with Gasteiger partial charge in [-0.15, -0.1) is 0 Å². The van der Waals surface area contributed by atoms with Crippen LogP contribution in [-0.4, -0.2) is 31.1 Å². The first-order chi connectivity index (χ1) is 14.6. The molecule has 2 aromatic carbocycles. The van der Waals surface area contributed by atoms with Crippen molar-refractivity contribution in [1.82, 2.24) is 4.98 Å². The Bertz CT molecular complexity index is 995. The molecule has 3 rings (SSSR count). The van der Waals surface area contributed by atoms with Gasteiger partial charge in [0.15, 0.2) is 11.5 Å². The van der Waals surface area contributed by atoms with Crippen molar-refractivity contribution < 1.29 is 23.4 Å². The Kier molecular flexibility index (Phi) is 7.12. The van der Waals surface area contributed by atoms with Gasteiger partial charge in [0, 0.05) is 11.1 Å². The summed E-state index contributed by atoms with van der Waals surface area (Å²) in [6.45, 7) is 6.59. The SMILES string of the molecule is CCCOc1ccccc1C(C(C)=O)c1coc(-c2ccc(OC)c(OCC)c2)n1. The van der Waals surface area contributed by atoms with E-state index >= 15 is 0 Å². The molecule has 3 aromatic rings. The van der Waals surface area contributed by atoms with Gasteiger partial charge in [-0.3, -0.25) is 4.79 Å². The molecule has 0 fully saturated rings. The molecular weight excluding hydrogens is 382 g/mol. The zero-order valence-electron chi connectivity index (χ0n) is 17.8. The Morgan fingerprint density at radius 1 is 1.07 bits per heavy atom. The molecule has 0 aliphatic heterocycles. The summed E-state index contributed by atoms with van der Waals surface area (Å²) in [5, 5.41) is 0. The zero-order chi connectivity index (χ0) is 21.5. The Morgan fingerprint density at radius 3 is 2.57 bits per heavy atom. The van der Waals surface area contributed by atoms with Crippen molar-refractivity contribution >= 4 is 5.78 Å². The molecule has 158 valence electrons. The Morgan fingerprint density at radius 2 is 1.87 bits per heavy atom. The number of carbonyl (C=O) groups is 1. The van der Waals surface area contributed by atoms with E-state index in [4.69, 9.17) is 18.6 Å². The van der Waals surface area contributed by atoms with Crippen molar-refractivity contribution in [2.45, 2.75) is 33.1 Å². The third-order valence-corrected chi connectivity index (χ3v) is 4.63. The van der Waals surface area contributed by atoms with Gasteiger partial charge in [0.25, 0.3) is 0 Å². The number of aromatic nitrogens is 1. The van der Waals surface area contributed by atoms with Gasteiger partial charge in [0.05, 0.1) is 31.9 Å². The van der Waals surface area contributed by atoms with E-state index in [1.54, 1.807) is 20.1 Å². The Labute approximate surface area is 176 Å². The van der Waals surface area contributed by atoms with Gasteiger partial charge in [0.2, 0.25) is 5.89 Å². The van der Waals surface area contributed by atoms with Crippen molar-refractivity contribution in [3.8, 4) is 28.7 Å². The number of oxazole rings is 1. The van der Waals surface area contributed by atoms with Crippen LogP contribution in [0.25, 0.3) is 11.5 Å². The maximum absolute atomic E-state index is 12.6. The molecule has 6 heteroatoms. The lowest BCUT2D eigenvalue weighted by Crippen LogP contribution is -2.13. The van der Waals surface area contributed by atoms with Crippen molar-refractivity contribution in [2.75, 3.05) is 20.3 Å². The standard InChI is InChI=1S/C24H27NO5/c1-5-13-29-20-10-8-7-9-18(20)23(16(3)26)19-15-30-24(25-19)17-11-12-21(27-4)22(14-17)28-6-2/h7-12,14-15,23H,5-6,13H2,1-4H3. The van der Waals surface area contributed by atoms with E-state index in [0.29, 0.717) is 42.0 Å². The molecule has 1 heterocycles. The number of para-hydroxylation sites is 1. The van der Waals surface area contributed by atoms with Crippen LogP contribution in [0.2, 0.25) is 0 Å². The molecule has 0 saturated carbocycles. The number of nitrogens with zero attached hydrogens (tertiary/aromatic N) is 1. The predicted octanol–water partition coefficient (Wildman–Crippen LogP) is 5.26. The van der Waals surface area contributed by atoms with Crippen LogP contribution in [0.5, 0.6) is 17.2 Å². The van der Waals surface area contributed by atoms with E-state index in [0.717, 1.165) is 17.5 Å². The fourth-order valence-corrected chi connectivity index (χ4v) is 3.28. The molecule has 0 bridgehead atoms. The first-order valence-corrected chi connectivity index (χ1v) is 10.1. The molecule has 0 spiro atoms. The largest absolute Gasteiger partial charge is 0.493 e. The molecule has 0 amide bonds. The minimum Gasteiger partial charge on any atom is -0.493 e. The lowest BCUT2D eigenvalue weighted by atomic mass is 9.92. The number of hydrogen-bond acceptors (Lipinski definition) is 6. The fourth-order valence-electron chi connectivity index (χ4n) is 3.28. The highest BCUT2D eigenvalue weighted by atomic mass is 16.5. The van der Waals surface area contributed by atoms with E-state index in [-0.39, 0.29) is 5.78 Å². The molecule has 0 N–H and O–H groups in total. The highest BCUT2D eigenvalue weighted by Gasteiger charge is 2.26. The first-order valence-electron chi connectivity index (χ1n) is 10.1. The quantitative estimate of drug-likeness (QED) is 0.455. The smallest absolute Gasteiger partial charge is 0.226 e. The van der Waals surface area contributed by atoms with E-state index in [9.17, 15) is 4.79 Å². The molecule has 0 saturated heterocycles.